The average molecular weight is 493 g/mol. The number of aliphatic hydroxyl groups is 1. The van der Waals surface area contributed by atoms with E-state index >= 15 is 0 Å². The number of guanidine groups is 1. The molecule has 3 N–H and O–H groups in total. The topological polar surface area (TPSA) is 84.3 Å². The molecule has 0 saturated carbocycles. The van der Waals surface area contributed by atoms with Gasteiger partial charge in [-0.25, -0.2) is 4.99 Å². The number of hydrogen-bond acceptors (Lipinski definition) is 5. The highest BCUT2D eigenvalue weighted by atomic mass is 127. The van der Waals surface area contributed by atoms with Crippen LogP contribution in [0.25, 0.3) is 0 Å². The van der Waals surface area contributed by atoms with E-state index in [4.69, 9.17) is 14.2 Å². The molecule has 1 fully saturated rings. The number of ether oxygens (including phenoxy) is 3. The van der Waals surface area contributed by atoms with Crippen molar-refractivity contribution in [3.8, 4) is 11.5 Å². The summed E-state index contributed by atoms with van der Waals surface area (Å²) in [5.74, 6) is 2.14. The molecule has 1 saturated heterocycles. The molecule has 1 aliphatic rings. The van der Waals surface area contributed by atoms with Gasteiger partial charge in [0.15, 0.2) is 17.5 Å². The molecule has 0 spiro atoms. The third-order valence-electron chi connectivity index (χ3n) is 4.69. The van der Waals surface area contributed by atoms with Gasteiger partial charge in [-0.1, -0.05) is 12.1 Å². The molecule has 8 heteroatoms. The summed E-state index contributed by atoms with van der Waals surface area (Å²) in [6.07, 6.45) is 1.67. The van der Waals surface area contributed by atoms with E-state index in [2.05, 4.69) is 15.6 Å². The molecule has 1 atom stereocenters. The van der Waals surface area contributed by atoms with Crippen LogP contribution in [0.3, 0.4) is 0 Å². The smallest absolute Gasteiger partial charge is 0.191 e. The lowest BCUT2D eigenvalue weighted by atomic mass is 9.84. The fraction of sp³-hybridized carbons (Fsp3) is 0.632. The number of aliphatic imine (C=N–C) groups is 1. The molecular weight excluding hydrogens is 461 g/mol. The minimum atomic E-state index is -0.0292. The molecule has 1 heterocycles. The Morgan fingerprint density at radius 2 is 2.11 bits per heavy atom. The monoisotopic (exact) mass is 493 g/mol. The van der Waals surface area contributed by atoms with Crippen LogP contribution < -0.4 is 20.1 Å². The van der Waals surface area contributed by atoms with E-state index in [0.29, 0.717) is 31.2 Å². The van der Waals surface area contributed by atoms with E-state index in [0.717, 1.165) is 37.5 Å². The summed E-state index contributed by atoms with van der Waals surface area (Å²) in [5, 5.41) is 16.0. The number of rotatable bonds is 9. The van der Waals surface area contributed by atoms with E-state index in [1.54, 1.807) is 14.2 Å². The predicted octanol–water partition coefficient (Wildman–Crippen LogP) is 2.17. The van der Waals surface area contributed by atoms with Crippen molar-refractivity contribution in [2.24, 2.45) is 10.4 Å². The van der Waals surface area contributed by atoms with Gasteiger partial charge in [0.2, 0.25) is 0 Å². The second-order valence-corrected chi connectivity index (χ2v) is 6.48. The predicted molar refractivity (Wildman–Crippen MR) is 117 cm³/mol. The van der Waals surface area contributed by atoms with Crippen molar-refractivity contribution >= 4 is 29.9 Å². The number of para-hydroxylation sites is 1. The number of benzene rings is 1. The zero-order valence-corrected chi connectivity index (χ0v) is 18.7. The van der Waals surface area contributed by atoms with Crippen molar-refractivity contribution in [2.45, 2.75) is 26.3 Å². The van der Waals surface area contributed by atoms with Crippen molar-refractivity contribution < 1.29 is 19.3 Å². The molecule has 0 aromatic heterocycles. The largest absolute Gasteiger partial charge is 0.493 e. The molecule has 1 unspecified atom stereocenters. The number of hydrogen-bond donors (Lipinski definition) is 3. The van der Waals surface area contributed by atoms with Crippen molar-refractivity contribution in [2.75, 3.05) is 47.1 Å². The Labute approximate surface area is 178 Å². The van der Waals surface area contributed by atoms with E-state index in [-0.39, 0.29) is 36.0 Å². The summed E-state index contributed by atoms with van der Waals surface area (Å²) in [4.78, 5) is 4.68. The van der Waals surface area contributed by atoms with E-state index in [1.165, 1.54) is 0 Å². The number of methoxy groups -OCH3 is 2. The highest BCUT2D eigenvalue weighted by Gasteiger charge is 2.34. The fourth-order valence-corrected chi connectivity index (χ4v) is 3.17. The maximum Gasteiger partial charge on any atom is 0.191 e. The van der Waals surface area contributed by atoms with Gasteiger partial charge >= 0.3 is 0 Å². The van der Waals surface area contributed by atoms with Crippen molar-refractivity contribution in [3.05, 3.63) is 23.8 Å². The standard InChI is InChI=1S/C19H31N3O4.HI/c1-4-20-18(22-13-19(8-10-23)9-11-26-14-19)21-12-15-6-5-7-16(24-2)17(15)25-3;/h5-7,23H,4,8-14H2,1-3H3,(H2,20,21,22);1H. The maximum atomic E-state index is 9.36. The van der Waals surface area contributed by atoms with Crippen LogP contribution in [0.15, 0.2) is 23.2 Å². The summed E-state index contributed by atoms with van der Waals surface area (Å²) < 4.78 is 16.4. The van der Waals surface area contributed by atoms with Gasteiger partial charge in [-0.15, -0.1) is 24.0 Å². The molecule has 1 aromatic carbocycles. The molecule has 2 rings (SSSR count). The van der Waals surface area contributed by atoms with Crippen LogP contribution in [0.1, 0.15) is 25.3 Å². The van der Waals surface area contributed by atoms with Gasteiger partial charge in [0.1, 0.15) is 0 Å². The molecule has 7 nitrogen and oxygen atoms in total. The Morgan fingerprint density at radius 3 is 2.70 bits per heavy atom. The van der Waals surface area contributed by atoms with Gasteiger partial charge in [0.05, 0.1) is 27.4 Å². The molecule has 0 radical (unpaired) electrons. The summed E-state index contributed by atoms with van der Waals surface area (Å²) in [6.45, 7) is 5.57. The molecule has 154 valence electrons. The molecular formula is C19H32IN3O4. The third-order valence-corrected chi connectivity index (χ3v) is 4.69. The number of halogens is 1. The summed E-state index contributed by atoms with van der Waals surface area (Å²) in [5.41, 5.74) is 0.928. The lowest BCUT2D eigenvalue weighted by Crippen LogP contribution is -2.44. The molecule has 0 amide bonds. The first-order valence-corrected chi connectivity index (χ1v) is 9.08. The lowest BCUT2D eigenvalue weighted by Gasteiger charge is -2.27. The lowest BCUT2D eigenvalue weighted by molar-refractivity contribution is 0.127. The third kappa shape index (κ3) is 6.69. The van der Waals surface area contributed by atoms with Crippen LogP contribution in [0.5, 0.6) is 11.5 Å². The highest BCUT2D eigenvalue weighted by Crippen LogP contribution is 2.32. The average Bonchev–Trinajstić information content (AvgIpc) is 3.12. The Morgan fingerprint density at radius 1 is 1.30 bits per heavy atom. The normalized spacial score (nSPS) is 19.3. The minimum absolute atomic E-state index is 0. The molecule has 1 aromatic rings. The van der Waals surface area contributed by atoms with Gasteiger partial charge in [-0.05, 0) is 25.8 Å². The Kier molecular flexibility index (Phi) is 10.8. The maximum absolute atomic E-state index is 9.36. The van der Waals surface area contributed by atoms with E-state index in [9.17, 15) is 5.11 Å². The zero-order chi connectivity index (χ0) is 18.8. The van der Waals surface area contributed by atoms with Crippen LogP contribution in [-0.4, -0.2) is 58.2 Å². The van der Waals surface area contributed by atoms with Crippen molar-refractivity contribution in [1.29, 1.82) is 0 Å². The van der Waals surface area contributed by atoms with Gasteiger partial charge < -0.3 is 30.0 Å². The van der Waals surface area contributed by atoms with Crippen LogP contribution >= 0.6 is 24.0 Å². The first-order valence-electron chi connectivity index (χ1n) is 9.08. The Hall–Kier alpha value is -1.26. The molecule has 1 aliphatic heterocycles. The molecule has 0 bridgehead atoms. The van der Waals surface area contributed by atoms with Crippen molar-refractivity contribution in [1.82, 2.24) is 10.6 Å². The number of aliphatic hydroxyl groups excluding tert-OH is 1. The zero-order valence-electron chi connectivity index (χ0n) is 16.4. The second kappa shape index (κ2) is 12.2. The molecule has 27 heavy (non-hydrogen) atoms. The Balaban J connectivity index is 0.00000364. The number of nitrogens with zero attached hydrogens (tertiary/aromatic N) is 1. The van der Waals surface area contributed by atoms with Crippen LogP contribution in [0.4, 0.5) is 0 Å². The fourth-order valence-electron chi connectivity index (χ4n) is 3.17. The highest BCUT2D eigenvalue weighted by molar-refractivity contribution is 14.0. The first kappa shape index (κ1) is 23.8. The van der Waals surface area contributed by atoms with Gasteiger partial charge in [-0.3, -0.25) is 0 Å². The van der Waals surface area contributed by atoms with Gasteiger partial charge in [0.25, 0.3) is 0 Å². The van der Waals surface area contributed by atoms with Crippen LogP contribution in [0.2, 0.25) is 0 Å². The van der Waals surface area contributed by atoms with Gasteiger partial charge in [-0.2, -0.15) is 0 Å². The molecule has 0 aliphatic carbocycles. The first-order chi connectivity index (χ1) is 12.7. The van der Waals surface area contributed by atoms with Crippen LogP contribution in [0, 0.1) is 5.41 Å². The van der Waals surface area contributed by atoms with Crippen LogP contribution in [-0.2, 0) is 11.3 Å². The summed E-state index contributed by atoms with van der Waals surface area (Å²) >= 11 is 0. The second-order valence-electron chi connectivity index (χ2n) is 6.48. The number of nitrogens with one attached hydrogen (secondary N) is 2. The van der Waals surface area contributed by atoms with E-state index < -0.39 is 0 Å². The van der Waals surface area contributed by atoms with E-state index in [1.807, 2.05) is 25.1 Å². The van der Waals surface area contributed by atoms with Crippen molar-refractivity contribution in [3.63, 3.8) is 0 Å². The SMILES string of the molecule is CCNC(=NCc1cccc(OC)c1OC)NCC1(CCO)CCOC1.I. The quantitative estimate of drug-likeness (QED) is 0.278. The Bertz CT molecular complexity index is 592. The summed E-state index contributed by atoms with van der Waals surface area (Å²) in [7, 11) is 3.26. The summed E-state index contributed by atoms with van der Waals surface area (Å²) in [6, 6.07) is 5.78. The van der Waals surface area contributed by atoms with Gasteiger partial charge in [0, 0.05) is 37.3 Å². The minimum Gasteiger partial charge on any atom is -0.493 e.